The van der Waals surface area contributed by atoms with Gasteiger partial charge < -0.3 is 0 Å². The molecule has 0 saturated carbocycles. The van der Waals surface area contributed by atoms with Crippen molar-refractivity contribution in [3.8, 4) is 0 Å². The quantitative estimate of drug-likeness (QED) is 0.423. The van der Waals surface area contributed by atoms with Crippen LogP contribution in [0.2, 0.25) is 0 Å². The SMILES string of the molecule is CCCCN(CC)P(Cl)(N(CC)CCCC)(N1CCOCC1)N1CCOCC1. The van der Waals surface area contributed by atoms with Gasteiger partial charge in [0.15, 0.2) is 0 Å². The molecular weight excluding hydrogens is 395 g/mol. The molecule has 0 radical (unpaired) electrons. The molecule has 2 rings (SSSR count). The van der Waals surface area contributed by atoms with Crippen molar-refractivity contribution in [3.63, 3.8) is 0 Å². The van der Waals surface area contributed by atoms with Crippen LogP contribution in [0.5, 0.6) is 0 Å². The Morgan fingerprint density at radius 2 is 1.07 bits per heavy atom. The fraction of sp³-hybridized carbons (Fsp3) is 1.00. The Bertz CT molecular complexity index is 410. The molecular formula is C20H44ClN4O2P. The first-order valence-electron chi connectivity index (χ1n) is 11.5. The van der Waals surface area contributed by atoms with Gasteiger partial charge in [-0.1, -0.05) is 0 Å². The minimum atomic E-state index is -3.20. The summed E-state index contributed by atoms with van der Waals surface area (Å²) in [5, 5.41) is 0. The zero-order chi connectivity index (χ0) is 20.5. The van der Waals surface area contributed by atoms with Gasteiger partial charge >= 0.3 is 178 Å². The molecule has 0 aliphatic carbocycles. The Morgan fingerprint density at radius 1 is 0.714 bits per heavy atom. The molecule has 6 nitrogen and oxygen atoms in total. The number of morpholine rings is 2. The summed E-state index contributed by atoms with van der Waals surface area (Å²) in [6, 6.07) is 0. The van der Waals surface area contributed by atoms with E-state index in [2.05, 4.69) is 46.4 Å². The first-order valence-corrected chi connectivity index (χ1v) is 14.4. The molecule has 2 heterocycles. The number of hydrogen-bond acceptors (Lipinski definition) is 6. The fourth-order valence-corrected chi connectivity index (χ4v) is 12.5. The van der Waals surface area contributed by atoms with Crippen LogP contribution >= 0.6 is 17.8 Å². The van der Waals surface area contributed by atoms with Gasteiger partial charge in [0.25, 0.3) is 0 Å². The summed E-state index contributed by atoms with van der Waals surface area (Å²) < 4.78 is 22.1. The van der Waals surface area contributed by atoms with Crippen LogP contribution in [0, 0.1) is 0 Å². The van der Waals surface area contributed by atoms with Gasteiger partial charge in [0, 0.05) is 0 Å². The molecule has 2 saturated heterocycles. The summed E-state index contributed by atoms with van der Waals surface area (Å²) in [5.41, 5.74) is 0. The van der Waals surface area contributed by atoms with E-state index >= 15 is 0 Å². The zero-order valence-corrected chi connectivity index (χ0v) is 20.4. The molecule has 2 aliphatic rings. The molecule has 0 unspecified atom stereocenters. The van der Waals surface area contributed by atoms with Gasteiger partial charge in [-0.05, 0) is 0 Å². The van der Waals surface area contributed by atoms with Crippen molar-refractivity contribution >= 4 is 17.8 Å². The number of hydrogen-bond donors (Lipinski definition) is 0. The third kappa shape index (κ3) is 4.70. The van der Waals surface area contributed by atoms with Gasteiger partial charge in [-0.15, -0.1) is 0 Å². The molecule has 0 bridgehead atoms. The average molecular weight is 439 g/mol. The summed E-state index contributed by atoms with van der Waals surface area (Å²) in [7, 11) is 0. The number of nitrogens with zero attached hydrogens (tertiary/aromatic N) is 4. The molecule has 0 N–H and O–H groups in total. The molecule has 0 amide bonds. The van der Waals surface area contributed by atoms with E-state index in [1.807, 2.05) is 0 Å². The number of rotatable bonds is 12. The van der Waals surface area contributed by atoms with Gasteiger partial charge in [-0.3, -0.25) is 0 Å². The van der Waals surface area contributed by atoms with E-state index in [0.717, 1.165) is 78.8 Å². The van der Waals surface area contributed by atoms with Gasteiger partial charge in [-0.25, -0.2) is 0 Å². The minimum absolute atomic E-state index is 0.769. The topological polar surface area (TPSA) is 31.4 Å². The van der Waals surface area contributed by atoms with Crippen LogP contribution in [0.1, 0.15) is 53.4 Å². The summed E-state index contributed by atoms with van der Waals surface area (Å²) in [5.74, 6) is 0. The molecule has 0 atom stereocenters. The van der Waals surface area contributed by atoms with Crippen LogP contribution in [0.4, 0.5) is 0 Å². The van der Waals surface area contributed by atoms with E-state index in [-0.39, 0.29) is 0 Å². The van der Waals surface area contributed by atoms with Crippen molar-refractivity contribution in [2.45, 2.75) is 53.4 Å². The maximum absolute atomic E-state index is 8.28. The molecule has 28 heavy (non-hydrogen) atoms. The Morgan fingerprint density at radius 3 is 1.36 bits per heavy atom. The fourth-order valence-electron chi connectivity index (χ4n) is 4.70. The second-order valence-electron chi connectivity index (χ2n) is 7.77. The van der Waals surface area contributed by atoms with E-state index < -0.39 is 6.56 Å². The Labute approximate surface area is 178 Å². The van der Waals surface area contributed by atoms with E-state index in [1.165, 1.54) is 25.7 Å². The van der Waals surface area contributed by atoms with Gasteiger partial charge in [0.1, 0.15) is 0 Å². The molecule has 8 heteroatoms. The average Bonchev–Trinajstić information content (AvgIpc) is 2.76. The van der Waals surface area contributed by atoms with Crippen molar-refractivity contribution < 1.29 is 9.47 Å². The van der Waals surface area contributed by atoms with Crippen LogP contribution in [0.15, 0.2) is 0 Å². The molecule has 0 spiro atoms. The molecule has 168 valence electrons. The van der Waals surface area contributed by atoms with Crippen LogP contribution in [0.3, 0.4) is 0 Å². The maximum atomic E-state index is 8.28. The van der Waals surface area contributed by atoms with Gasteiger partial charge in [0.2, 0.25) is 0 Å². The normalized spacial score (nSPS) is 21.9. The van der Waals surface area contributed by atoms with Crippen molar-refractivity contribution in [1.82, 2.24) is 18.7 Å². The Kier molecular flexibility index (Phi) is 10.4. The molecule has 2 aliphatic heterocycles. The van der Waals surface area contributed by atoms with Crippen LogP contribution in [0.25, 0.3) is 0 Å². The second kappa shape index (κ2) is 11.8. The molecule has 2 fully saturated rings. The van der Waals surface area contributed by atoms with Crippen molar-refractivity contribution in [1.29, 1.82) is 0 Å². The summed E-state index contributed by atoms with van der Waals surface area (Å²) in [4.78, 5) is 0. The predicted molar refractivity (Wildman–Crippen MR) is 122 cm³/mol. The second-order valence-corrected chi connectivity index (χ2v) is 13.5. The summed E-state index contributed by atoms with van der Waals surface area (Å²) >= 11 is 8.28. The monoisotopic (exact) mass is 438 g/mol. The number of unbranched alkanes of at least 4 members (excludes halogenated alkanes) is 2. The molecule has 0 aromatic carbocycles. The third-order valence-electron chi connectivity index (χ3n) is 6.19. The van der Waals surface area contributed by atoms with E-state index in [9.17, 15) is 0 Å². The van der Waals surface area contributed by atoms with Crippen LogP contribution in [-0.2, 0) is 9.47 Å². The van der Waals surface area contributed by atoms with E-state index in [0.29, 0.717) is 0 Å². The summed E-state index contributed by atoms with van der Waals surface area (Å²) in [6.45, 7) is 16.7. The van der Waals surface area contributed by atoms with Crippen LogP contribution in [-0.4, -0.2) is 97.5 Å². The van der Waals surface area contributed by atoms with Crippen molar-refractivity contribution in [2.75, 3.05) is 78.8 Å². The van der Waals surface area contributed by atoms with Crippen molar-refractivity contribution in [2.24, 2.45) is 0 Å². The zero-order valence-electron chi connectivity index (χ0n) is 18.7. The summed E-state index contributed by atoms with van der Waals surface area (Å²) in [6.07, 6.45) is 4.73. The predicted octanol–water partition coefficient (Wildman–Crippen LogP) is 4.26. The first kappa shape index (κ1) is 24.7. The number of halogens is 1. The number of ether oxygens (including phenoxy) is 2. The molecule has 0 aromatic heterocycles. The van der Waals surface area contributed by atoms with Crippen LogP contribution < -0.4 is 0 Å². The van der Waals surface area contributed by atoms with Gasteiger partial charge in [0.05, 0.1) is 0 Å². The third-order valence-corrected chi connectivity index (χ3v) is 14.4. The first-order chi connectivity index (χ1) is 13.6. The standard InChI is InChI=1S/C20H44ClN4O2P/c1-5-9-11-22(7-3)28(21,23(8-4)12-10-6-2,24-13-17-26-18-14-24)25-15-19-27-20-16-25/h5-20H2,1-4H3. The Hall–Kier alpha value is 0.480. The van der Waals surface area contributed by atoms with Gasteiger partial charge in [-0.2, -0.15) is 0 Å². The van der Waals surface area contributed by atoms with E-state index in [4.69, 9.17) is 20.7 Å². The molecule has 0 aromatic rings. The van der Waals surface area contributed by atoms with Crippen molar-refractivity contribution in [3.05, 3.63) is 0 Å². The Balaban J connectivity index is 2.60. The van der Waals surface area contributed by atoms with E-state index in [1.54, 1.807) is 0 Å².